The van der Waals surface area contributed by atoms with Crippen molar-refractivity contribution in [1.82, 2.24) is 24.2 Å². The second-order valence-electron chi connectivity index (χ2n) is 4.82. The van der Waals surface area contributed by atoms with Crippen LogP contribution in [0.2, 0.25) is 0 Å². The molecule has 3 heterocycles. The van der Waals surface area contributed by atoms with Crippen molar-refractivity contribution in [2.45, 2.75) is 12.6 Å². The van der Waals surface area contributed by atoms with Crippen LogP contribution in [0.1, 0.15) is 11.6 Å². The first-order chi connectivity index (χ1) is 9.13. The third kappa shape index (κ3) is 2.48. The standard InChI is InChI=1S/C12H14BrN5O/c1-16-8-14-2-9(12(16)19)4-17-6-11(7-17)18-5-10(13)3-15-18/h2-3,5,8,11H,4,6-7H2,1H3. The van der Waals surface area contributed by atoms with Crippen molar-refractivity contribution in [2.24, 2.45) is 7.05 Å². The molecule has 1 aliphatic heterocycles. The van der Waals surface area contributed by atoms with Gasteiger partial charge < -0.3 is 4.57 Å². The molecule has 0 aliphatic carbocycles. The molecule has 0 atom stereocenters. The predicted octanol–water partition coefficient (Wildman–Crippen LogP) is 0.796. The Balaban J connectivity index is 1.63. The molecular weight excluding hydrogens is 310 g/mol. The van der Waals surface area contributed by atoms with Gasteiger partial charge in [-0.25, -0.2) is 4.98 Å². The Kier molecular flexibility index (Phi) is 3.24. The first-order valence-electron chi connectivity index (χ1n) is 6.05. The summed E-state index contributed by atoms with van der Waals surface area (Å²) in [4.78, 5) is 18.1. The van der Waals surface area contributed by atoms with Gasteiger partial charge in [0.2, 0.25) is 0 Å². The summed E-state index contributed by atoms with van der Waals surface area (Å²) in [5.74, 6) is 0. The minimum absolute atomic E-state index is 0.0280. The maximum absolute atomic E-state index is 11.9. The van der Waals surface area contributed by atoms with Gasteiger partial charge >= 0.3 is 0 Å². The lowest BCUT2D eigenvalue weighted by molar-refractivity contribution is 0.0901. The Morgan fingerprint density at radius 1 is 1.42 bits per heavy atom. The highest BCUT2D eigenvalue weighted by atomic mass is 79.9. The van der Waals surface area contributed by atoms with Gasteiger partial charge in [-0.15, -0.1) is 0 Å². The van der Waals surface area contributed by atoms with Gasteiger partial charge in [-0.05, 0) is 15.9 Å². The zero-order chi connectivity index (χ0) is 13.4. The van der Waals surface area contributed by atoms with Crippen LogP contribution in [0.3, 0.4) is 0 Å². The number of hydrogen-bond donors (Lipinski definition) is 0. The molecule has 2 aromatic heterocycles. The highest BCUT2D eigenvalue weighted by Gasteiger charge is 2.29. The summed E-state index contributed by atoms with van der Waals surface area (Å²) in [5.41, 5.74) is 0.769. The number of rotatable bonds is 3. The highest BCUT2D eigenvalue weighted by molar-refractivity contribution is 9.10. The molecule has 1 saturated heterocycles. The van der Waals surface area contributed by atoms with Crippen LogP contribution in [0.25, 0.3) is 0 Å². The van der Waals surface area contributed by atoms with E-state index in [1.165, 1.54) is 10.9 Å². The molecule has 0 N–H and O–H groups in total. The number of aromatic nitrogens is 4. The SMILES string of the molecule is Cn1cncc(CN2CC(n3cc(Br)cn3)C2)c1=O. The fourth-order valence-electron chi connectivity index (χ4n) is 2.26. The normalized spacial score (nSPS) is 16.5. The van der Waals surface area contributed by atoms with E-state index < -0.39 is 0 Å². The first-order valence-corrected chi connectivity index (χ1v) is 6.84. The summed E-state index contributed by atoms with van der Waals surface area (Å²) in [6.45, 7) is 2.47. The number of hydrogen-bond acceptors (Lipinski definition) is 4. The van der Waals surface area contributed by atoms with Crippen LogP contribution in [0.5, 0.6) is 0 Å². The average Bonchev–Trinajstić information content (AvgIpc) is 2.74. The molecule has 0 aromatic carbocycles. The average molecular weight is 324 g/mol. The van der Waals surface area contributed by atoms with Crippen LogP contribution in [-0.4, -0.2) is 37.3 Å². The molecule has 7 heteroatoms. The van der Waals surface area contributed by atoms with Crippen molar-refractivity contribution >= 4 is 15.9 Å². The van der Waals surface area contributed by atoms with Gasteiger partial charge in [0.05, 0.1) is 23.0 Å². The van der Waals surface area contributed by atoms with Crippen LogP contribution in [0.4, 0.5) is 0 Å². The quantitative estimate of drug-likeness (QED) is 0.838. The third-order valence-electron chi connectivity index (χ3n) is 3.34. The van der Waals surface area contributed by atoms with Crippen LogP contribution < -0.4 is 5.56 Å². The van der Waals surface area contributed by atoms with Crippen molar-refractivity contribution in [1.29, 1.82) is 0 Å². The molecule has 1 aliphatic rings. The molecule has 1 fully saturated rings. The minimum Gasteiger partial charge on any atom is -0.302 e. The molecule has 3 rings (SSSR count). The number of nitrogens with zero attached hydrogens (tertiary/aromatic N) is 5. The van der Waals surface area contributed by atoms with Crippen LogP contribution in [-0.2, 0) is 13.6 Å². The summed E-state index contributed by atoms with van der Waals surface area (Å²) in [7, 11) is 1.72. The molecule has 0 saturated carbocycles. The van der Waals surface area contributed by atoms with Crippen molar-refractivity contribution in [3.8, 4) is 0 Å². The largest absolute Gasteiger partial charge is 0.302 e. The van der Waals surface area contributed by atoms with Crippen LogP contribution in [0, 0.1) is 0 Å². The zero-order valence-corrected chi connectivity index (χ0v) is 12.1. The summed E-state index contributed by atoms with van der Waals surface area (Å²) < 4.78 is 4.46. The van der Waals surface area contributed by atoms with E-state index in [0.717, 1.165) is 23.1 Å². The maximum Gasteiger partial charge on any atom is 0.257 e. The van der Waals surface area contributed by atoms with Crippen molar-refractivity contribution in [2.75, 3.05) is 13.1 Å². The van der Waals surface area contributed by atoms with E-state index in [1.807, 2.05) is 10.9 Å². The number of aryl methyl sites for hydroxylation is 1. The van der Waals surface area contributed by atoms with Crippen LogP contribution >= 0.6 is 15.9 Å². The third-order valence-corrected chi connectivity index (χ3v) is 3.75. The van der Waals surface area contributed by atoms with Gasteiger partial charge in [0.15, 0.2) is 0 Å². The fraction of sp³-hybridized carbons (Fsp3) is 0.417. The van der Waals surface area contributed by atoms with E-state index in [2.05, 4.69) is 30.9 Å². The first kappa shape index (κ1) is 12.6. The predicted molar refractivity (Wildman–Crippen MR) is 73.7 cm³/mol. The van der Waals surface area contributed by atoms with E-state index >= 15 is 0 Å². The molecule has 0 bridgehead atoms. The second-order valence-corrected chi connectivity index (χ2v) is 5.74. The van der Waals surface area contributed by atoms with E-state index in [4.69, 9.17) is 0 Å². The molecule has 0 unspecified atom stereocenters. The minimum atomic E-state index is 0.0280. The van der Waals surface area contributed by atoms with Crippen LogP contribution in [0.15, 0.2) is 34.2 Å². The second kappa shape index (κ2) is 4.90. The molecule has 0 radical (unpaired) electrons. The summed E-state index contributed by atoms with van der Waals surface area (Å²) in [6.07, 6.45) is 6.96. The van der Waals surface area contributed by atoms with Gasteiger partial charge in [0.1, 0.15) is 0 Å². The molecule has 6 nitrogen and oxygen atoms in total. The lowest BCUT2D eigenvalue weighted by Gasteiger charge is -2.38. The van der Waals surface area contributed by atoms with Crippen molar-refractivity contribution in [3.05, 3.63) is 45.3 Å². The lowest BCUT2D eigenvalue weighted by atomic mass is 10.1. The molecule has 2 aromatic rings. The van der Waals surface area contributed by atoms with Crippen molar-refractivity contribution < 1.29 is 0 Å². The smallest absolute Gasteiger partial charge is 0.257 e. The van der Waals surface area contributed by atoms with E-state index in [-0.39, 0.29) is 5.56 Å². The maximum atomic E-state index is 11.9. The monoisotopic (exact) mass is 323 g/mol. The Labute approximate surface area is 118 Å². The summed E-state index contributed by atoms with van der Waals surface area (Å²) in [6, 6.07) is 0.395. The topological polar surface area (TPSA) is 56.0 Å². The Hall–Kier alpha value is -1.47. The molecule has 0 amide bonds. The van der Waals surface area contributed by atoms with Crippen molar-refractivity contribution in [3.63, 3.8) is 0 Å². The van der Waals surface area contributed by atoms with Gasteiger partial charge in [0, 0.05) is 44.6 Å². The van der Waals surface area contributed by atoms with E-state index in [0.29, 0.717) is 12.6 Å². The highest BCUT2D eigenvalue weighted by Crippen LogP contribution is 2.23. The molecule has 19 heavy (non-hydrogen) atoms. The van der Waals surface area contributed by atoms with Gasteiger partial charge in [-0.2, -0.15) is 5.10 Å². The van der Waals surface area contributed by atoms with Gasteiger partial charge in [-0.1, -0.05) is 0 Å². The number of likely N-dealkylation sites (tertiary alicyclic amines) is 1. The molecule has 0 spiro atoms. The number of halogens is 1. The summed E-state index contributed by atoms with van der Waals surface area (Å²) in [5, 5.41) is 4.28. The molecule has 100 valence electrons. The zero-order valence-electron chi connectivity index (χ0n) is 10.5. The van der Waals surface area contributed by atoms with Gasteiger partial charge in [-0.3, -0.25) is 14.4 Å². The van der Waals surface area contributed by atoms with E-state index in [9.17, 15) is 4.79 Å². The Morgan fingerprint density at radius 2 is 2.21 bits per heavy atom. The lowest BCUT2D eigenvalue weighted by Crippen LogP contribution is -2.48. The Bertz CT molecular complexity index is 644. The fourth-order valence-corrected chi connectivity index (χ4v) is 2.56. The van der Waals surface area contributed by atoms with Gasteiger partial charge in [0.25, 0.3) is 5.56 Å². The summed E-state index contributed by atoms with van der Waals surface area (Å²) >= 11 is 3.39. The van der Waals surface area contributed by atoms with E-state index in [1.54, 1.807) is 19.4 Å². The molecular formula is C12H14BrN5O. The Morgan fingerprint density at radius 3 is 2.89 bits per heavy atom.